The van der Waals surface area contributed by atoms with Crippen molar-refractivity contribution in [2.24, 2.45) is 5.92 Å². The van der Waals surface area contributed by atoms with Gasteiger partial charge in [0.1, 0.15) is 17.3 Å². The molecule has 1 saturated heterocycles. The second-order valence-corrected chi connectivity index (χ2v) is 8.69. The van der Waals surface area contributed by atoms with Gasteiger partial charge in [-0.05, 0) is 53.8 Å². The maximum Gasteiger partial charge on any atom is 0.295 e. The molecule has 2 heterocycles. The van der Waals surface area contributed by atoms with Crippen LogP contribution in [0.1, 0.15) is 49.9 Å². The van der Waals surface area contributed by atoms with E-state index < -0.39 is 17.7 Å². The van der Waals surface area contributed by atoms with E-state index in [1.165, 1.54) is 0 Å². The molecule has 2 aromatic carbocycles. The maximum absolute atomic E-state index is 13.0. The van der Waals surface area contributed by atoms with Gasteiger partial charge in [0.15, 0.2) is 0 Å². The molecule has 6 heteroatoms. The summed E-state index contributed by atoms with van der Waals surface area (Å²) >= 11 is 0. The van der Waals surface area contributed by atoms with Gasteiger partial charge in [-0.1, -0.05) is 32.9 Å². The average Bonchev–Trinajstić information content (AvgIpc) is 3.35. The predicted octanol–water partition coefficient (Wildman–Crippen LogP) is 4.49. The summed E-state index contributed by atoms with van der Waals surface area (Å²) in [4.78, 5) is 27.4. The highest BCUT2D eigenvalue weighted by atomic mass is 16.5. The Morgan fingerprint density at radius 1 is 1.19 bits per heavy atom. The molecule has 1 atom stereocenters. The molecule has 4 rings (SSSR count). The Labute approximate surface area is 188 Å². The van der Waals surface area contributed by atoms with Gasteiger partial charge < -0.3 is 19.5 Å². The van der Waals surface area contributed by atoms with Gasteiger partial charge in [0.2, 0.25) is 0 Å². The number of benzene rings is 2. The summed E-state index contributed by atoms with van der Waals surface area (Å²) in [5.74, 6) is 0.543. The molecule has 2 aliphatic rings. The van der Waals surface area contributed by atoms with E-state index >= 15 is 0 Å². The molecular weight excluding hydrogens is 406 g/mol. The number of ether oxygens (including phenoxy) is 2. The third kappa shape index (κ3) is 4.09. The minimum absolute atomic E-state index is 0.123. The second kappa shape index (κ2) is 9.07. The third-order valence-electron chi connectivity index (χ3n) is 5.75. The highest BCUT2D eigenvalue weighted by molar-refractivity contribution is 6.46. The van der Waals surface area contributed by atoms with Crippen LogP contribution in [0.5, 0.6) is 11.5 Å². The molecule has 1 N–H and O–H groups in total. The van der Waals surface area contributed by atoms with Crippen LogP contribution in [0.4, 0.5) is 0 Å². The monoisotopic (exact) mass is 435 g/mol. The third-order valence-corrected chi connectivity index (χ3v) is 5.75. The summed E-state index contributed by atoms with van der Waals surface area (Å²) < 4.78 is 11.3. The average molecular weight is 436 g/mol. The van der Waals surface area contributed by atoms with Crippen molar-refractivity contribution in [3.05, 3.63) is 64.7 Å². The van der Waals surface area contributed by atoms with E-state index in [4.69, 9.17) is 9.47 Å². The fourth-order valence-corrected chi connectivity index (χ4v) is 4.20. The van der Waals surface area contributed by atoms with Gasteiger partial charge in [-0.25, -0.2) is 0 Å². The van der Waals surface area contributed by atoms with Gasteiger partial charge in [0, 0.05) is 18.5 Å². The molecule has 1 amide bonds. The van der Waals surface area contributed by atoms with Crippen LogP contribution in [-0.2, 0) is 16.0 Å². The van der Waals surface area contributed by atoms with Gasteiger partial charge in [0.25, 0.3) is 11.7 Å². The summed E-state index contributed by atoms with van der Waals surface area (Å²) in [7, 11) is 0. The number of aliphatic hydroxyl groups is 1. The van der Waals surface area contributed by atoms with Crippen molar-refractivity contribution >= 4 is 17.4 Å². The Bertz CT molecular complexity index is 1050. The van der Waals surface area contributed by atoms with Crippen LogP contribution < -0.4 is 9.47 Å². The van der Waals surface area contributed by atoms with Crippen LogP contribution in [0.2, 0.25) is 0 Å². The molecule has 0 aromatic heterocycles. The standard InChI is InChI=1S/C26H29NO5/c1-4-12-27-23(17-5-8-20(9-6-17)32-15-16(2)3)22(25(29)26(27)30)24(28)19-7-10-21-18(14-19)11-13-31-21/h5-10,14,16,23,28H,4,11-13,15H2,1-3H3/b24-22-. The molecule has 0 bridgehead atoms. The van der Waals surface area contributed by atoms with E-state index in [9.17, 15) is 14.7 Å². The molecule has 2 aliphatic heterocycles. The number of carbonyl (C=O) groups is 2. The SMILES string of the molecule is CCCN1C(=O)C(=O)/C(=C(\O)c2ccc3c(c2)CCO3)C1c1ccc(OCC(C)C)cc1. The highest BCUT2D eigenvalue weighted by Crippen LogP contribution is 2.40. The van der Waals surface area contributed by atoms with Crippen LogP contribution >= 0.6 is 0 Å². The van der Waals surface area contributed by atoms with Gasteiger partial charge in [0.05, 0.1) is 24.8 Å². The lowest BCUT2D eigenvalue weighted by Crippen LogP contribution is -2.30. The van der Waals surface area contributed by atoms with Crippen molar-refractivity contribution in [1.29, 1.82) is 0 Å². The van der Waals surface area contributed by atoms with E-state index in [-0.39, 0.29) is 11.3 Å². The second-order valence-electron chi connectivity index (χ2n) is 8.69. The first-order valence-electron chi connectivity index (χ1n) is 11.2. The Balaban J connectivity index is 1.75. The number of likely N-dealkylation sites (tertiary alicyclic amines) is 1. The van der Waals surface area contributed by atoms with E-state index in [1.807, 2.05) is 37.3 Å². The molecular formula is C26H29NO5. The topological polar surface area (TPSA) is 76.1 Å². The fraction of sp³-hybridized carbons (Fsp3) is 0.385. The van der Waals surface area contributed by atoms with Crippen molar-refractivity contribution < 1.29 is 24.2 Å². The van der Waals surface area contributed by atoms with E-state index in [1.54, 1.807) is 17.0 Å². The Kier molecular flexibility index (Phi) is 6.21. The molecule has 2 aromatic rings. The normalized spacial score (nSPS) is 19.4. The van der Waals surface area contributed by atoms with Crippen LogP contribution in [0, 0.1) is 5.92 Å². The first-order valence-corrected chi connectivity index (χ1v) is 11.2. The summed E-state index contributed by atoms with van der Waals surface area (Å²) in [6.45, 7) is 7.76. The molecule has 6 nitrogen and oxygen atoms in total. The zero-order valence-electron chi connectivity index (χ0n) is 18.8. The lowest BCUT2D eigenvalue weighted by molar-refractivity contribution is -0.139. The number of ketones is 1. The zero-order valence-corrected chi connectivity index (χ0v) is 18.8. The smallest absolute Gasteiger partial charge is 0.295 e. The molecule has 32 heavy (non-hydrogen) atoms. The summed E-state index contributed by atoms with van der Waals surface area (Å²) in [5, 5.41) is 11.2. The van der Waals surface area contributed by atoms with Crippen LogP contribution in [0.25, 0.3) is 5.76 Å². The van der Waals surface area contributed by atoms with E-state index in [0.29, 0.717) is 37.7 Å². The zero-order chi connectivity index (χ0) is 22.8. The van der Waals surface area contributed by atoms with E-state index in [2.05, 4.69) is 13.8 Å². The van der Waals surface area contributed by atoms with Crippen LogP contribution in [-0.4, -0.2) is 41.5 Å². The molecule has 168 valence electrons. The number of nitrogens with zero attached hydrogens (tertiary/aromatic N) is 1. The Morgan fingerprint density at radius 2 is 1.94 bits per heavy atom. The quantitative estimate of drug-likeness (QED) is 0.394. The van der Waals surface area contributed by atoms with Gasteiger partial charge in [-0.15, -0.1) is 0 Å². The van der Waals surface area contributed by atoms with E-state index in [0.717, 1.165) is 29.0 Å². The predicted molar refractivity (Wildman–Crippen MR) is 122 cm³/mol. The minimum atomic E-state index is -0.655. The molecule has 0 saturated carbocycles. The van der Waals surface area contributed by atoms with Crippen molar-refractivity contribution in [2.75, 3.05) is 19.8 Å². The van der Waals surface area contributed by atoms with Crippen LogP contribution in [0.15, 0.2) is 48.0 Å². The summed E-state index contributed by atoms with van der Waals surface area (Å²) in [6, 6.07) is 12.1. The number of aliphatic hydroxyl groups excluding tert-OH is 1. The fourth-order valence-electron chi connectivity index (χ4n) is 4.20. The number of Topliss-reactive ketones (excluding diaryl/α,β-unsaturated/α-hetero) is 1. The van der Waals surface area contributed by atoms with Crippen molar-refractivity contribution in [2.45, 2.75) is 39.7 Å². The minimum Gasteiger partial charge on any atom is -0.507 e. The van der Waals surface area contributed by atoms with Crippen LogP contribution in [0.3, 0.4) is 0 Å². The van der Waals surface area contributed by atoms with Gasteiger partial charge in [-0.2, -0.15) is 0 Å². The summed E-state index contributed by atoms with van der Waals surface area (Å²) in [5.41, 5.74) is 2.39. The maximum atomic E-state index is 13.0. The molecule has 1 unspecified atom stereocenters. The van der Waals surface area contributed by atoms with Crippen molar-refractivity contribution in [1.82, 2.24) is 4.90 Å². The lowest BCUT2D eigenvalue weighted by Gasteiger charge is -2.25. The largest absolute Gasteiger partial charge is 0.507 e. The Morgan fingerprint density at radius 3 is 2.62 bits per heavy atom. The molecule has 1 fully saturated rings. The first-order chi connectivity index (χ1) is 15.4. The van der Waals surface area contributed by atoms with Gasteiger partial charge in [-0.3, -0.25) is 9.59 Å². The number of hydrogen-bond acceptors (Lipinski definition) is 5. The molecule has 0 spiro atoms. The number of hydrogen-bond donors (Lipinski definition) is 1. The lowest BCUT2D eigenvalue weighted by atomic mass is 9.94. The summed E-state index contributed by atoms with van der Waals surface area (Å²) in [6.07, 6.45) is 1.46. The first kappa shape index (κ1) is 21.9. The number of carbonyl (C=O) groups excluding carboxylic acids is 2. The number of fused-ring (bicyclic) bond motifs is 1. The van der Waals surface area contributed by atoms with Crippen molar-refractivity contribution in [3.8, 4) is 11.5 Å². The van der Waals surface area contributed by atoms with Gasteiger partial charge >= 0.3 is 0 Å². The Hall–Kier alpha value is -3.28. The highest BCUT2D eigenvalue weighted by Gasteiger charge is 2.45. The molecule has 0 aliphatic carbocycles. The number of amides is 1. The number of rotatable bonds is 7. The molecule has 0 radical (unpaired) electrons. The van der Waals surface area contributed by atoms with Crippen molar-refractivity contribution in [3.63, 3.8) is 0 Å².